The molecule has 1 aromatic carbocycles. The maximum Gasteiger partial charge on any atom is 0.165 e. The van der Waals surface area contributed by atoms with E-state index in [2.05, 4.69) is 17.4 Å². The van der Waals surface area contributed by atoms with Crippen molar-refractivity contribution in [3.63, 3.8) is 0 Å². The van der Waals surface area contributed by atoms with Gasteiger partial charge in [0.1, 0.15) is 6.10 Å². The van der Waals surface area contributed by atoms with Gasteiger partial charge >= 0.3 is 0 Å². The van der Waals surface area contributed by atoms with E-state index in [1.807, 2.05) is 18.2 Å². The van der Waals surface area contributed by atoms with Crippen molar-refractivity contribution in [2.75, 3.05) is 34.4 Å². The summed E-state index contributed by atoms with van der Waals surface area (Å²) in [6.45, 7) is 2.69. The minimum atomic E-state index is 0.230. The van der Waals surface area contributed by atoms with Crippen LogP contribution in [0.25, 0.3) is 0 Å². The molecule has 0 saturated carbocycles. The minimum Gasteiger partial charge on any atom is -0.493 e. The lowest BCUT2D eigenvalue weighted by molar-refractivity contribution is 0.0851. The van der Waals surface area contributed by atoms with Gasteiger partial charge in [-0.3, -0.25) is 0 Å². The van der Waals surface area contributed by atoms with Gasteiger partial charge in [-0.25, -0.2) is 0 Å². The maximum absolute atomic E-state index is 6.13. The SMILES string of the molecule is CONCc1cccc(OC2CCCN(C)C2)c1OC. The largest absolute Gasteiger partial charge is 0.493 e. The van der Waals surface area contributed by atoms with Crippen molar-refractivity contribution in [1.29, 1.82) is 0 Å². The molecule has 1 unspecified atom stereocenters. The van der Waals surface area contributed by atoms with E-state index in [9.17, 15) is 0 Å². The number of likely N-dealkylation sites (tertiary alicyclic amines) is 1. The zero-order chi connectivity index (χ0) is 14.4. The highest BCUT2D eigenvalue weighted by atomic mass is 16.6. The Balaban J connectivity index is 2.09. The molecular weight excluding hydrogens is 256 g/mol. The van der Waals surface area contributed by atoms with Crippen LogP contribution in [0.15, 0.2) is 18.2 Å². The van der Waals surface area contributed by atoms with Crippen molar-refractivity contribution in [1.82, 2.24) is 10.4 Å². The summed E-state index contributed by atoms with van der Waals surface area (Å²) in [6.07, 6.45) is 2.50. The molecule has 0 bridgehead atoms. The van der Waals surface area contributed by atoms with Crippen LogP contribution in [0.4, 0.5) is 0 Å². The molecule has 2 rings (SSSR count). The van der Waals surface area contributed by atoms with Crippen molar-refractivity contribution < 1.29 is 14.3 Å². The van der Waals surface area contributed by atoms with Gasteiger partial charge in [0.05, 0.1) is 14.2 Å². The summed E-state index contributed by atoms with van der Waals surface area (Å²) in [5.74, 6) is 1.59. The highest BCUT2D eigenvalue weighted by Gasteiger charge is 2.20. The van der Waals surface area contributed by atoms with Gasteiger partial charge in [0.15, 0.2) is 11.5 Å². The summed E-state index contributed by atoms with van der Waals surface area (Å²) in [5, 5.41) is 0. The van der Waals surface area contributed by atoms with Gasteiger partial charge in [-0.15, -0.1) is 0 Å². The number of rotatable bonds is 6. The second-order valence-corrected chi connectivity index (χ2v) is 5.12. The van der Waals surface area contributed by atoms with E-state index < -0.39 is 0 Å². The zero-order valence-electron chi connectivity index (χ0n) is 12.5. The first-order valence-electron chi connectivity index (χ1n) is 7.01. The molecule has 1 heterocycles. The molecule has 5 heteroatoms. The lowest BCUT2D eigenvalue weighted by Gasteiger charge is -2.30. The molecule has 5 nitrogen and oxygen atoms in total. The summed E-state index contributed by atoms with van der Waals surface area (Å²) < 4.78 is 11.6. The number of nitrogens with one attached hydrogen (secondary N) is 1. The average Bonchev–Trinajstić information content (AvgIpc) is 2.45. The molecule has 0 aromatic heterocycles. The molecule has 1 N–H and O–H groups in total. The molecular formula is C15H24N2O3. The Hall–Kier alpha value is -1.30. The van der Waals surface area contributed by atoms with Gasteiger partial charge in [0.2, 0.25) is 0 Å². The Labute approximate surface area is 120 Å². The van der Waals surface area contributed by atoms with Crippen molar-refractivity contribution in [2.24, 2.45) is 0 Å². The van der Waals surface area contributed by atoms with E-state index in [0.29, 0.717) is 6.54 Å². The summed E-state index contributed by atoms with van der Waals surface area (Å²) in [7, 11) is 5.40. The van der Waals surface area contributed by atoms with Crippen molar-refractivity contribution in [3.8, 4) is 11.5 Å². The molecule has 0 radical (unpaired) electrons. The summed E-state index contributed by atoms with van der Waals surface area (Å²) in [5.41, 5.74) is 3.86. The molecule has 0 aliphatic carbocycles. The Morgan fingerprint density at radius 3 is 2.90 bits per heavy atom. The van der Waals surface area contributed by atoms with Crippen molar-refractivity contribution >= 4 is 0 Å². The van der Waals surface area contributed by atoms with E-state index in [1.54, 1.807) is 14.2 Å². The minimum absolute atomic E-state index is 0.230. The zero-order valence-corrected chi connectivity index (χ0v) is 12.5. The predicted octanol–water partition coefficient (Wildman–Crippen LogP) is 1.82. The quantitative estimate of drug-likeness (QED) is 0.805. The average molecular weight is 280 g/mol. The lowest BCUT2D eigenvalue weighted by atomic mass is 10.1. The summed E-state index contributed by atoms with van der Waals surface area (Å²) >= 11 is 0. The van der Waals surface area contributed by atoms with Gasteiger partial charge in [0, 0.05) is 18.7 Å². The van der Waals surface area contributed by atoms with Crippen LogP contribution in [0, 0.1) is 0 Å². The molecule has 1 aliphatic rings. The Morgan fingerprint density at radius 1 is 1.35 bits per heavy atom. The first-order chi connectivity index (χ1) is 9.74. The van der Waals surface area contributed by atoms with E-state index in [4.69, 9.17) is 14.3 Å². The fourth-order valence-corrected chi connectivity index (χ4v) is 2.57. The number of piperidine rings is 1. The van der Waals surface area contributed by atoms with Crippen LogP contribution in [-0.2, 0) is 11.4 Å². The fourth-order valence-electron chi connectivity index (χ4n) is 2.57. The lowest BCUT2D eigenvalue weighted by Crippen LogP contribution is -2.38. The van der Waals surface area contributed by atoms with Gasteiger partial charge < -0.3 is 19.2 Å². The Morgan fingerprint density at radius 2 is 2.20 bits per heavy atom. The van der Waals surface area contributed by atoms with Crippen LogP contribution >= 0.6 is 0 Å². The molecule has 112 valence electrons. The van der Waals surface area contributed by atoms with Gasteiger partial charge in [-0.05, 0) is 32.5 Å². The van der Waals surface area contributed by atoms with Crippen LogP contribution in [-0.4, -0.2) is 45.4 Å². The van der Waals surface area contributed by atoms with E-state index in [-0.39, 0.29) is 6.10 Å². The second kappa shape index (κ2) is 7.47. The van der Waals surface area contributed by atoms with Gasteiger partial charge in [-0.2, -0.15) is 5.48 Å². The normalized spacial score (nSPS) is 19.9. The van der Waals surface area contributed by atoms with E-state index >= 15 is 0 Å². The molecule has 1 aliphatic heterocycles. The first kappa shape index (κ1) is 15.1. The number of nitrogens with zero attached hydrogens (tertiary/aromatic N) is 1. The molecule has 1 fully saturated rings. The monoisotopic (exact) mass is 280 g/mol. The van der Waals surface area contributed by atoms with Crippen molar-refractivity contribution in [3.05, 3.63) is 23.8 Å². The number of methoxy groups -OCH3 is 1. The molecule has 0 amide bonds. The molecule has 1 aromatic rings. The predicted molar refractivity (Wildman–Crippen MR) is 78.0 cm³/mol. The van der Waals surface area contributed by atoms with E-state index in [0.717, 1.165) is 36.6 Å². The fraction of sp³-hybridized carbons (Fsp3) is 0.600. The third kappa shape index (κ3) is 3.85. The number of para-hydroxylation sites is 1. The van der Waals surface area contributed by atoms with Crippen molar-refractivity contribution in [2.45, 2.75) is 25.5 Å². The Kier molecular flexibility index (Phi) is 5.64. The Bertz CT molecular complexity index is 426. The van der Waals surface area contributed by atoms with E-state index in [1.165, 1.54) is 6.42 Å². The first-order valence-corrected chi connectivity index (χ1v) is 7.01. The summed E-state index contributed by atoms with van der Waals surface area (Å²) in [4.78, 5) is 7.20. The number of ether oxygens (including phenoxy) is 2. The number of benzene rings is 1. The third-order valence-electron chi connectivity index (χ3n) is 3.55. The second-order valence-electron chi connectivity index (χ2n) is 5.12. The maximum atomic E-state index is 6.13. The summed E-state index contributed by atoms with van der Waals surface area (Å²) in [6, 6.07) is 5.95. The molecule has 0 spiro atoms. The molecule has 1 atom stereocenters. The highest BCUT2D eigenvalue weighted by Crippen LogP contribution is 2.32. The number of hydroxylamine groups is 1. The standard InChI is InChI=1S/C15H24N2O3/c1-17-9-5-7-13(11-17)20-14-8-4-6-12(10-16-19-3)15(14)18-2/h4,6,8,13,16H,5,7,9-11H2,1-3H3. The third-order valence-corrected chi connectivity index (χ3v) is 3.55. The van der Waals surface area contributed by atoms with Crippen LogP contribution in [0.3, 0.4) is 0 Å². The van der Waals surface area contributed by atoms with Crippen LogP contribution in [0.1, 0.15) is 18.4 Å². The smallest absolute Gasteiger partial charge is 0.165 e. The van der Waals surface area contributed by atoms with Crippen LogP contribution in [0.5, 0.6) is 11.5 Å². The molecule has 20 heavy (non-hydrogen) atoms. The topological polar surface area (TPSA) is 43.0 Å². The number of hydrogen-bond donors (Lipinski definition) is 1. The van der Waals surface area contributed by atoms with Gasteiger partial charge in [0.25, 0.3) is 0 Å². The number of likely N-dealkylation sites (N-methyl/N-ethyl adjacent to an activating group) is 1. The molecule has 1 saturated heterocycles. The van der Waals surface area contributed by atoms with Crippen LogP contribution in [0.2, 0.25) is 0 Å². The van der Waals surface area contributed by atoms with Gasteiger partial charge in [-0.1, -0.05) is 12.1 Å². The van der Waals surface area contributed by atoms with Crippen LogP contribution < -0.4 is 15.0 Å². The highest BCUT2D eigenvalue weighted by molar-refractivity contribution is 5.46. The number of hydrogen-bond acceptors (Lipinski definition) is 5.